The summed E-state index contributed by atoms with van der Waals surface area (Å²) in [4.78, 5) is 42.1. The van der Waals surface area contributed by atoms with Crippen molar-refractivity contribution < 1.29 is 28.9 Å². The summed E-state index contributed by atoms with van der Waals surface area (Å²) in [5.41, 5.74) is 0.325. The van der Waals surface area contributed by atoms with Crippen molar-refractivity contribution in [1.29, 1.82) is 0 Å². The van der Waals surface area contributed by atoms with Gasteiger partial charge in [0, 0.05) is 36.4 Å². The fourth-order valence-electron chi connectivity index (χ4n) is 7.97. The van der Waals surface area contributed by atoms with E-state index in [0.717, 1.165) is 16.8 Å². The number of nitrogens with zero attached hydrogens (tertiary/aromatic N) is 3. The van der Waals surface area contributed by atoms with Crippen molar-refractivity contribution >= 4 is 41.6 Å². The largest absolute Gasteiger partial charge is 0.497 e. The van der Waals surface area contributed by atoms with E-state index in [4.69, 9.17) is 14.2 Å². The first-order chi connectivity index (χ1) is 23.1. The van der Waals surface area contributed by atoms with Gasteiger partial charge in [0.2, 0.25) is 0 Å². The fourth-order valence-corrected chi connectivity index (χ4v) is 12.0. The van der Waals surface area contributed by atoms with Crippen LogP contribution >= 0.6 is 0 Å². The summed E-state index contributed by atoms with van der Waals surface area (Å²) in [6.45, 7) is 7.00. The molecule has 3 aromatic carbocycles. The van der Waals surface area contributed by atoms with E-state index >= 15 is 0 Å². The predicted molar refractivity (Wildman–Crippen MR) is 187 cm³/mol. The lowest BCUT2D eigenvalue weighted by Crippen LogP contribution is -2.52. The molecule has 1 N–H and O–H groups in total. The van der Waals surface area contributed by atoms with Crippen LogP contribution in [0.25, 0.3) is 16.5 Å². The molecule has 0 aliphatic carbocycles. The van der Waals surface area contributed by atoms with E-state index in [1.54, 1.807) is 24.3 Å². The Balaban J connectivity index is 1.47. The maximum Gasteiger partial charge on any atom is 0.305 e. The minimum atomic E-state index is -2.36. The van der Waals surface area contributed by atoms with Gasteiger partial charge in [-0.25, -0.2) is 0 Å². The number of rotatable bonds is 11. The number of hydrogen-bond donors (Lipinski definition) is 1. The lowest BCUT2D eigenvalue weighted by molar-refractivity contribution is -0.146. The van der Waals surface area contributed by atoms with Crippen molar-refractivity contribution in [2.75, 3.05) is 32.3 Å². The molecule has 1 spiro atoms. The molecule has 0 unspecified atom stereocenters. The Morgan fingerprint density at radius 2 is 1.79 bits per heavy atom. The van der Waals surface area contributed by atoms with Gasteiger partial charge in [-0.3, -0.25) is 14.4 Å². The third kappa shape index (κ3) is 5.53. The summed E-state index contributed by atoms with van der Waals surface area (Å²) in [6.07, 6.45) is 3.10. The van der Waals surface area contributed by atoms with Gasteiger partial charge in [0.05, 0.1) is 51.4 Å². The topological polar surface area (TPSA) is 120 Å². The van der Waals surface area contributed by atoms with Crippen LogP contribution in [0.2, 0.25) is 18.6 Å². The van der Waals surface area contributed by atoms with Gasteiger partial charge in [-0.15, -0.1) is 0 Å². The monoisotopic (exact) mass is 669 g/mol. The first-order valence-electron chi connectivity index (χ1n) is 16.5. The van der Waals surface area contributed by atoms with Crippen molar-refractivity contribution in [3.05, 3.63) is 88.8 Å². The molecular weight excluding hydrogens is 627 g/mol. The molecule has 4 atom stereocenters. The standard InChI is InChI=1S/C37H43N3O7Si/c1-24-34(48(4,5)28-16-14-27(45-2)15-17-28)32(19-21-41)47-37(24)30-22-26(40-35(43)29-11-7-6-10-25(29)23-38-40)13-18-31(30)39(36(37)44)20-9-8-12-33(42)46-3/h6-7,10-11,13-18,22-24,32,34,41H,8-9,12,19-21H2,1-5H3/t24-,32+,34-,37+/m0/s1. The van der Waals surface area contributed by atoms with Gasteiger partial charge in [-0.1, -0.05) is 55.5 Å². The van der Waals surface area contributed by atoms with Crippen LogP contribution in [0.3, 0.4) is 0 Å². The van der Waals surface area contributed by atoms with Crippen molar-refractivity contribution in [2.24, 2.45) is 5.92 Å². The Labute approximate surface area is 281 Å². The molecule has 1 saturated heterocycles. The highest BCUT2D eigenvalue weighted by atomic mass is 28.3. The van der Waals surface area contributed by atoms with Crippen LogP contribution in [-0.4, -0.2) is 68.3 Å². The molecule has 252 valence electrons. The summed E-state index contributed by atoms with van der Waals surface area (Å²) in [6, 6.07) is 21.0. The van der Waals surface area contributed by atoms with Gasteiger partial charge >= 0.3 is 5.97 Å². The Bertz CT molecular complexity index is 1890. The van der Waals surface area contributed by atoms with Gasteiger partial charge in [-0.05, 0) is 61.2 Å². The smallest absolute Gasteiger partial charge is 0.305 e. The van der Waals surface area contributed by atoms with Crippen molar-refractivity contribution in [1.82, 2.24) is 9.78 Å². The summed E-state index contributed by atoms with van der Waals surface area (Å²) < 4.78 is 18.6. The second-order valence-electron chi connectivity index (χ2n) is 13.3. The first-order valence-corrected chi connectivity index (χ1v) is 19.6. The number of fused-ring (bicyclic) bond motifs is 3. The quantitative estimate of drug-likeness (QED) is 0.139. The lowest BCUT2D eigenvalue weighted by Gasteiger charge is -2.37. The zero-order chi connectivity index (χ0) is 34.2. The number of ether oxygens (including phenoxy) is 3. The lowest BCUT2D eigenvalue weighted by atomic mass is 9.82. The molecule has 3 heterocycles. The maximum absolute atomic E-state index is 14.9. The van der Waals surface area contributed by atoms with Crippen molar-refractivity contribution in [2.45, 2.75) is 62.9 Å². The number of benzene rings is 3. The van der Waals surface area contributed by atoms with E-state index in [1.165, 1.54) is 17.0 Å². The second kappa shape index (κ2) is 13.3. The number of esters is 1. The third-order valence-corrected chi connectivity index (χ3v) is 14.8. The van der Waals surface area contributed by atoms with E-state index in [9.17, 15) is 19.5 Å². The number of aliphatic hydroxyl groups excluding tert-OH is 1. The number of aliphatic hydroxyl groups is 1. The van der Waals surface area contributed by atoms with Crippen LogP contribution in [0.4, 0.5) is 5.69 Å². The van der Waals surface area contributed by atoms with Gasteiger partial charge in [0.25, 0.3) is 11.5 Å². The maximum atomic E-state index is 14.9. The second-order valence-corrected chi connectivity index (χ2v) is 18.0. The number of carbonyl (C=O) groups excluding carboxylic acids is 2. The highest BCUT2D eigenvalue weighted by Crippen LogP contribution is 2.60. The Morgan fingerprint density at radius 1 is 1.04 bits per heavy atom. The zero-order valence-corrected chi connectivity index (χ0v) is 29.1. The van der Waals surface area contributed by atoms with E-state index < -0.39 is 13.7 Å². The summed E-state index contributed by atoms with van der Waals surface area (Å²) in [5, 5.41) is 17.2. The van der Waals surface area contributed by atoms with Crippen LogP contribution in [0.15, 0.2) is 77.7 Å². The zero-order valence-electron chi connectivity index (χ0n) is 28.1. The minimum absolute atomic E-state index is 0.0284. The molecule has 1 fully saturated rings. The van der Waals surface area contributed by atoms with E-state index in [1.807, 2.05) is 48.5 Å². The summed E-state index contributed by atoms with van der Waals surface area (Å²) >= 11 is 0. The minimum Gasteiger partial charge on any atom is -0.497 e. The van der Waals surface area contributed by atoms with Crippen LogP contribution in [0.5, 0.6) is 5.75 Å². The van der Waals surface area contributed by atoms with Crippen LogP contribution < -0.4 is 20.4 Å². The normalized spacial score (nSPS) is 22.0. The SMILES string of the molecule is COC(=O)CCCCN1C(=O)[C@]2(O[C@H](CCO)[C@@H]([Si](C)(C)c3ccc(OC)cc3)[C@@H]2C)c2cc(-n3ncc4ccccc4c3=O)ccc21. The number of carbonyl (C=O) groups is 2. The molecular formula is C37H43N3O7Si. The molecule has 0 bridgehead atoms. The molecule has 6 rings (SSSR count). The first kappa shape index (κ1) is 33.6. The average molecular weight is 670 g/mol. The fraction of sp³-hybridized carbons (Fsp3) is 0.405. The van der Waals surface area contributed by atoms with Crippen molar-refractivity contribution in [3.8, 4) is 11.4 Å². The van der Waals surface area contributed by atoms with E-state index in [-0.39, 0.29) is 48.0 Å². The predicted octanol–water partition coefficient (Wildman–Crippen LogP) is 4.68. The van der Waals surface area contributed by atoms with Crippen LogP contribution in [-0.2, 0) is 24.7 Å². The van der Waals surface area contributed by atoms with Gasteiger partial charge in [0.1, 0.15) is 5.75 Å². The number of anilines is 1. The number of hydrogen-bond acceptors (Lipinski definition) is 8. The molecule has 0 radical (unpaired) electrons. The van der Waals surface area contributed by atoms with Gasteiger partial charge in [0.15, 0.2) is 5.60 Å². The molecule has 4 aromatic rings. The van der Waals surface area contributed by atoms with Gasteiger partial charge in [-0.2, -0.15) is 9.78 Å². The molecule has 0 saturated carbocycles. The molecule has 1 aromatic heterocycles. The number of methoxy groups -OCH3 is 2. The van der Waals surface area contributed by atoms with E-state index in [2.05, 4.69) is 37.2 Å². The van der Waals surface area contributed by atoms with Crippen LogP contribution in [0, 0.1) is 5.92 Å². The van der Waals surface area contributed by atoms with Gasteiger partial charge < -0.3 is 24.2 Å². The molecule has 2 aliphatic rings. The Kier molecular flexibility index (Phi) is 9.30. The molecule has 48 heavy (non-hydrogen) atoms. The highest BCUT2D eigenvalue weighted by molar-refractivity contribution is 6.91. The molecule has 10 nitrogen and oxygen atoms in total. The molecule has 1 amide bonds. The molecule has 11 heteroatoms. The number of amides is 1. The van der Waals surface area contributed by atoms with Crippen LogP contribution in [0.1, 0.15) is 38.2 Å². The highest BCUT2D eigenvalue weighted by Gasteiger charge is 2.66. The van der Waals surface area contributed by atoms with E-state index in [0.29, 0.717) is 42.4 Å². The Hall–Kier alpha value is -4.32. The third-order valence-electron chi connectivity index (χ3n) is 10.4. The van der Waals surface area contributed by atoms with Crippen molar-refractivity contribution in [3.63, 3.8) is 0 Å². The summed E-state index contributed by atoms with van der Waals surface area (Å²) in [5.74, 6) is 0.0610. The Morgan fingerprint density at radius 3 is 2.50 bits per heavy atom. The molecule has 2 aliphatic heterocycles. The number of unbranched alkanes of at least 4 members (excludes halogenated alkanes) is 1. The summed E-state index contributed by atoms with van der Waals surface area (Å²) in [7, 11) is 0.656. The number of aromatic nitrogens is 2. The average Bonchev–Trinajstić information content (AvgIpc) is 3.52.